The minimum absolute atomic E-state index is 0. The molecule has 0 heterocycles. The van der Waals surface area contributed by atoms with Crippen molar-refractivity contribution in [3.8, 4) is 0 Å². The summed E-state index contributed by atoms with van der Waals surface area (Å²) in [5, 5.41) is 20.0. The number of halogens is 1. The van der Waals surface area contributed by atoms with Crippen LogP contribution in [-0.4, -0.2) is 45.2 Å². The van der Waals surface area contributed by atoms with Crippen molar-refractivity contribution in [2.45, 2.75) is 72.4 Å². The Morgan fingerprint density at radius 2 is 1.31 bits per heavy atom. The maximum Gasteiger partial charge on any atom is 0.195 e. The van der Waals surface area contributed by atoms with Crippen molar-refractivity contribution in [3.63, 3.8) is 0 Å². The number of nitrogens with zero attached hydrogens (tertiary/aromatic N) is 1. The molecule has 0 aromatic carbocycles. The van der Waals surface area contributed by atoms with Gasteiger partial charge in [-0.15, -0.1) is 0 Å². The molecule has 16 heavy (non-hydrogen) atoms. The van der Waals surface area contributed by atoms with E-state index in [1.807, 2.05) is 13.8 Å². The third-order valence-corrected chi connectivity index (χ3v) is 3.43. The van der Waals surface area contributed by atoms with E-state index >= 15 is 0 Å². The first kappa shape index (κ1) is 18.5. The highest BCUT2D eigenvalue weighted by atomic mass is 35.5. The van der Waals surface area contributed by atoms with E-state index in [1.54, 1.807) is 6.92 Å². The molecule has 2 N–H and O–H groups in total. The van der Waals surface area contributed by atoms with E-state index < -0.39 is 11.8 Å². The Morgan fingerprint density at radius 3 is 1.38 bits per heavy atom. The van der Waals surface area contributed by atoms with E-state index in [-0.39, 0.29) is 24.5 Å². The highest BCUT2D eigenvalue weighted by molar-refractivity contribution is 4.65. The van der Waals surface area contributed by atoms with Gasteiger partial charge in [-0.2, -0.15) is 0 Å². The lowest BCUT2D eigenvalue weighted by Gasteiger charge is -2.53. The van der Waals surface area contributed by atoms with Gasteiger partial charge < -0.3 is 22.6 Å². The van der Waals surface area contributed by atoms with Crippen LogP contribution in [0.1, 0.15) is 48.5 Å². The smallest absolute Gasteiger partial charge is 0.195 e. The maximum absolute atomic E-state index is 10.4. The minimum Gasteiger partial charge on any atom is -1.00 e. The van der Waals surface area contributed by atoms with Crippen molar-refractivity contribution in [2.24, 2.45) is 0 Å². The standard InChI is InChI=1S/C12H28NO2.ClH/c1-9(2)13(10(3)4,8-11(5)14)12(6,7)15;/h9-11,14-15H,8H2,1-7H3;1H/q+1;/p-1. The largest absolute Gasteiger partial charge is 1.00 e. The minimum atomic E-state index is -0.834. The van der Waals surface area contributed by atoms with Gasteiger partial charge in [0.05, 0.1) is 12.1 Å². The van der Waals surface area contributed by atoms with Gasteiger partial charge in [-0.05, 0) is 34.6 Å². The molecule has 4 heteroatoms. The Kier molecular flexibility index (Phi) is 7.18. The summed E-state index contributed by atoms with van der Waals surface area (Å²) in [6.45, 7) is 14.4. The van der Waals surface area contributed by atoms with E-state index in [4.69, 9.17) is 0 Å². The van der Waals surface area contributed by atoms with Gasteiger partial charge in [0.2, 0.25) is 0 Å². The first-order chi connectivity index (χ1) is 6.55. The first-order valence-corrected chi connectivity index (χ1v) is 5.83. The van der Waals surface area contributed by atoms with E-state index in [9.17, 15) is 10.2 Å². The van der Waals surface area contributed by atoms with Crippen LogP contribution in [0.25, 0.3) is 0 Å². The van der Waals surface area contributed by atoms with Crippen molar-refractivity contribution in [1.82, 2.24) is 0 Å². The zero-order valence-corrected chi connectivity index (χ0v) is 12.4. The fourth-order valence-corrected chi connectivity index (χ4v) is 2.94. The molecular formula is C12H28ClNO2. The SMILES string of the molecule is CC(O)C[N+](C(C)C)(C(C)C)C(C)(C)O.[Cl-]. The highest BCUT2D eigenvalue weighted by Gasteiger charge is 2.47. The molecule has 0 saturated carbocycles. The second kappa shape index (κ2) is 6.20. The zero-order chi connectivity index (χ0) is 12.4. The molecule has 0 amide bonds. The normalized spacial score (nSPS) is 15.2. The number of hydrogen-bond acceptors (Lipinski definition) is 2. The van der Waals surface area contributed by atoms with E-state index in [2.05, 4.69) is 27.7 Å². The Balaban J connectivity index is 0. The number of aliphatic hydroxyl groups is 2. The van der Waals surface area contributed by atoms with Gasteiger partial charge in [0.25, 0.3) is 0 Å². The van der Waals surface area contributed by atoms with Crippen LogP contribution < -0.4 is 12.4 Å². The van der Waals surface area contributed by atoms with Gasteiger partial charge >= 0.3 is 0 Å². The molecule has 0 aliphatic rings. The number of hydrogen-bond donors (Lipinski definition) is 2. The fraction of sp³-hybridized carbons (Fsp3) is 1.00. The fourth-order valence-electron chi connectivity index (χ4n) is 2.94. The lowest BCUT2D eigenvalue weighted by Crippen LogP contribution is -3.00. The molecule has 0 saturated heterocycles. The van der Waals surface area contributed by atoms with Crippen LogP contribution in [0.15, 0.2) is 0 Å². The van der Waals surface area contributed by atoms with Gasteiger partial charge in [0.15, 0.2) is 5.72 Å². The number of aliphatic hydroxyl groups excluding tert-OH is 1. The van der Waals surface area contributed by atoms with Crippen molar-refractivity contribution < 1.29 is 27.1 Å². The third kappa shape index (κ3) is 3.59. The summed E-state index contributed by atoms with van der Waals surface area (Å²) in [4.78, 5) is 0. The number of rotatable bonds is 5. The molecule has 0 fully saturated rings. The van der Waals surface area contributed by atoms with Crippen LogP contribution in [0.4, 0.5) is 0 Å². The van der Waals surface area contributed by atoms with Crippen LogP contribution in [-0.2, 0) is 0 Å². The van der Waals surface area contributed by atoms with Gasteiger partial charge in [-0.3, -0.25) is 4.48 Å². The molecule has 1 unspecified atom stereocenters. The molecule has 0 rings (SSSR count). The van der Waals surface area contributed by atoms with Crippen molar-refractivity contribution in [2.75, 3.05) is 6.54 Å². The average molecular weight is 254 g/mol. The van der Waals surface area contributed by atoms with Gasteiger partial charge in [0.1, 0.15) is 12.6 Å². The van der Waals surface area contributed by atoms with Crippen molar-refractivity contribution >= 4 is 0 Å². The molecule has 0 aliphatic carbocycles. The maximum atomic E-state index is 10.4. The summed E-state index contributed by atoms with van der Waals surface area (Å²) in [7, 11) is 0. The summed E-state index contributed by atoms with van der Waals surface area (Å²) in [5.41, 5.74) is -0.834. The molecule has 100 valence electrons. The van der Waals surface area contributed by atoms with Crippen molar-refractivity contribution in [1.29, 1.82) is 0 Å². The molecule has 0 bridgehead atoms. The highest BCUT2D eigenvalue weighted by Crippen LogP contribution is 2.31. The van der Waals surface area contributed by atoms with E-state index in [0.717, 1.165) is 0 Å². The van der Waals surface area contributed by atoms with Crippen LogP contribution in [0, 0.1) is 0 Å². The Bertz CT molecular complexity index is 190. The molecule has 0 spiro atoms. The summed E-state index contributed by atoms with van der Waals surface area (Å²) in [6, 6.07) is 0.555. The predicted octanol–water partition coefficient (Wildman–Crippen LogP) is -1.27. The Labute approximate surface area is 106 Å². The Hall–Kier alpha value is 0.170. The molecular weight excluding hydrogens is 226 g/mol. The first-order valence-electron chi connectivity index (χ1n) is 5.83. The van der Waals surface area contributed by atoms with Crippen molar-refractivity contribution in [3.05, 3.63) is 0 Å². The van der Waals surface area contributed by atoms with Gasteiger partial charge in [0, 0.05) is 13.8 Å². The molecule has 1 atom stereocenters. The quantitative estimate of drug-likeness (QED) is 0.474. The second-order valence-electron chi connectivity index (χ2n) is 5.64. The zero-order valence-electron chi connectivity index (χ0n) is 11.7. The van der Waals surface area contributed by atoms with Crippen LogP contribution >= 0.6 is 0 Å². The van der Waals surface area contributed by atoms with Crippen LogP contribution in [0.2, 0.25) is 0 Å². The summed E-state index contributed by atoms with van der Waals surface area (Å²) in [6.07, 6.45) is -0.402. The topological polar surface area (TPSA) is 40.5 Å². The second-order valence-corrected chi connectivity index (χ2v) is 5.64. The van der Waals surface area contributed by atoms with Crippen LogP contribution in [0.3, 0.4) is 0 Å². The molecule has 0 aliphatic heterocycles. The van der Waals surface area contributed by atoms with E-state index in [1.165, 1.54) is 0 Å². The monoisotopic (exact) mass is 253 g/mol. The summed E-state index contributed by atoms with van der Waals surface area (Å²) >= 11 is 0. The molecule has 0 aromatic rings. The lowest BCUT2D eigenvalue weighted by molar-refractivity contribution is -1.03. The number of quaternary nitrogens is 1. The molecule has 0 radical (unpaired) electrons. The molecule has 0 aromatic heterocycles. The lowest BCUT2D eigenvalue weighted by atomic mass is 10.0. The van der Waals surface area contributed by atoms with Gasteiger partial charge in [-0.25, -0.2) is 0 Å². The third-order valence-electron chi connectivity index (χ3n) is 3.43. The molecule has 3 nitrogen and oxygen atoms in total. The van der Waals surface area contributed by atoms with E-state index in [0.29, 0.717) is 11.0 Å². The van der Waals surface area contributed by atoms with Gasteiger partial charge in [-0.1, -0.05) is 0 Å². The summed E-state index contributed by atoms with van der Waals surface area (Å²) in [5.74, 6) is 0. The Morgan fingerprint density at radius 1 is 1.00 bits per heavy atom. The summed E-state index contributed by atoms with van der Waals surface area (Å²) < 4.78 is 0.519. The van der Waals surface area contributed by atoms with Crippen LogP contribution in [0.5, 0.6) is 0 Å². The average Bonchev–Trinajstić information content (AvgIpc) is 1.95. The predicted molar refractivity (Wildman–Crippen MR) is 63.4 cm³/mol.